The Hall–Kier alpha value is -3.67. The molecule has 0 aliphatic carbocycles. The van der Waals surface area contributed by atoms with E-state index in [2.05, 4.69) is 5.32 Å². The van der Waals surface area contributed by atoms with E-state index in [1.807, 2.05) is 45.9 Å². The maximum Gasteiger partial charge on any atom is 0.271 e. The number of anilines is 1. The van der Waals surface area contributed by atoms with Gasteiger partial charge in [0, 0.05) is 24.2 Å². The van der Waals surface area contributed by atoms with Gasteiger partial charge in [-0.15, -0.1) is 0 Å². The van der Waals surface area contributed by atoms with E-state index in [4.69, 9.17) is 4.74 Å². The molecule has 0 heterocycles. The van der Waals surface area contributed by atoms with Crippen molar-refractivity contribution in [1.29, 1.82) is 0 Å². The summed E-state index contributed by atoms with van der Waals surface area (Å²) in [5, 5.41) is 14.2. The third kappa shape index (κ3) is 8.17. The fourth-order valence-electron chi connectivity index (χ4n) is 3.65. The van der Waals surface area contributed by atoms with Gasteiger partial charge in [-0.25, -0.2) is 8.42 Å². The second-order valence-corrected chi connectivity index (χ2v) is 11.7. The summed E-state index contributed by atoms with van der Waals surface area (Å²) in [6.45, 7) is 8.23. The summed E-state index contributed by atoms with van der Waals surface area (Å²) < 4.78 is 31.5. The fraction of sp³-hybridized carbons (Fsp3) is 0.440. The summed E-state index contributed by atoms with van der Waals surface area (Å²) in [5.74, 6) is -1.04. The molecule has 0 aromatic heterocycles. The minimum atomic E-state index is -4.09. The largest absolute Gasteiger partial charge is 0.495 e. The Bertz CT molecular complexity index is 1270. The van der Waals surface area contributed by atoms with Crippen LogP contribution in [0.25, 0.3) is 0 Å². The van der Waals surface area contributed by atoms with E-state index in [1.54, 1.807) is 13.0 Å². The van der Waals surface area contributed by atoms with Crippen molar-refractivity contribution >= 4 is 33.2 Å². The van der Waals surface area contributed by atoms with Crippen LogP contribution in [0.4, 0.5) is 11.4 Å². The van der Waals surface area contributed by atoms with E-state index in [-0.39, 0.29) is 23.7 Å². The first-order valence-corrected chi connectivity index (χ1v) is 13.4. The van der Waals surface area contributed by atoms with Crippen LogP contribution in [0.15, 0.2) is 42.5 Å². The monoisotopic (exact) mass is 534 g/mol. The van der Waals surface area contributed by atoms with Crippen LogP contribution in [0, 0.1) is 17.0 Å². The summed E-state index contributed by atoms with van der Waals surface area (Å²) in [7, 11) is -2.81. The number of hydrogen-bond donors (Lipinski definition) is 1. The number of nitro benzene ring substituents is 1. The SMILES string of the molecule is COc1ccc([N+](=O)[O-])cc1N(CC(=O)N(Cc1cccc(C)c1)[C@@H](C)C(=O)NC(C)(C)C)S(C)(=O)=O. The minimum Gasteiger partial charge on any atom is -0.495 e. The number of methoxy groups -OCH3 is 1. The predicted molar refractivity (Wildman–Crippen MR) is 141 cm³/mol. The molecule has 0 unspecified atom stereocenters. The maximum atomic E-state index is 13.7. The molecule has 2 aromatic rings. The lowest BCUT2D eigenvalue weighted by molar-refractivity contribution is -0.384. The van der Waals surface area contributed by atoms with E-state index in [0.717, 1.165) is 27.8 Å². The highest BCUT2D eigenvalue weighted by atomic mass is 32.2. The molecule has 2 amide bonds. The zero-order valence-electron chi connectivity index (χ0n) is 22.1. The highest BCUT2D eigenvalue weighted by Gasteiger charge is 2.33. The Balaban J connectivity index is 2.53. The van der Waals surface area contributed by atoms with Crippen LogP contribution in [-0.4, -0.2) is 61.5 Å². The fourth-order valence-corrected chi connectivity index (χ4v) is 4.49. The molecular weight excluding hydrogens is 500 g/mol. The van der Waals surface area contributed by atoms with Crippen molar-refractivity contribution in [2.75, 3.05) is 24.2 Å². The van der Waals surface area contributed by atoms with Crippen LogP contribution in [-0.2, 0) is 26.2 Å². The highest BCUT2D eigenvalue weighted by Crippen LogP contribution is 2.34. The molecule has 0 radical (unpaired) electrons. The molecule has 12 heteroatoms. The Morgan fingerprint density at radius 2 is 1.81 bits per heavy atom. The van der Waals surface area contributed by atoms with Gasteiger partial charge in [0.2, 0.25) is 21.8 Å². The average Bonchev–Trinajstić information content (AvgIpc) is 2.78. The van der Waals surface area contributed by atoms with Crippen molar-refractivity contribution in [3.05, 3.63) is 63.7 Å². The molecule has 0 bridgehead atoms. The van der Waals surface area contributed by atoms with Crippen LogP contribution in [0.5, 0.6) is 5.75 Å². The van der Waals surface area contributed by atoms with Crippen molar-refractivity contribution < 1.29 is 27.7 Å². The summed E-state index contributed by atoms with van der Waals surface area (Å²) in [5.41, 5.74) is 0.623. The Morgan fingerprint density at radius 3 is 2.32 bits per heavy atom. The lowest BCUT2D eigenvalue weighted by atomic mass is 10.1. The van der Waals surface area contributed by atoms with E-state index >= 15 is 0 Å². The topological polar surface area (TPSA) is 139 Å². The van der Waals surface area contributed by atoms with Gasteiger partial charge in [-0.05, 0) is 46.2 Å². The number of nitrogens with zero attached hydrogens (tertiary/aromatic N) is 3. The number of rotatable bonds is 10. The molecule has 0 saturated carbocycles. The first-order valence-electron chi connectivity index (χ1n) is 11.5. The Labute approximate surface area is 217 Å². The van der Waals surface area contributed by atoms with Crippen molar-refractivity contribution in [1.82, 2.24) is 10.2 Å². The summed E-state index contributed by atoms with van der Waals surface area (Å²) in [6.07, 6.45) is 0.888. The maximum absolute atomic E-state index is 13.7. The van der Waals surface area contributed by atoms with Gasteiger partial charge in [-0.1, -0.05) is 29.8 Å². The molecule has 0 aliphatic heterocycles. The summed E-state index contributed by atoms with van der Waals surface area (Å²) in [4.78, 5) is 38.6. The number of ether oxygens (including phenoxy) is 1. The smallest absolute Gasteiger partial charge is 0.271 e. The Morgan fingerprint density at radius 1 is 1.16 bits per heavy atom. The van der Waals surface area contributed by atoms with Crippen molar-refractivity contribution in [3.63, 3.8) is 0 Å². The van der Waals surface area contributed by atoms with E-state index in [1.165, 1.54) is 24.1 Å². The number of sulfonamides is 1. The number of carbonyl (C=O) groups excluding carboxylic acids is 2. The molecule has 2 aromatic carbocycles. The minimum absolute atomic E-state index is 0.0348. The number of benzene rings is 2. The molecule has 37 heavy (non-hydrogen) atoms. The Kier molecular flexibility index (Phi) is 9.26. The van der Waals surface area contributed by atoms with Crippen LogP contribution in [0.1, 0.15) is 38.8 Å². The van der Waals surface area contributed by atoms with Gasteiger partial charge >= 0.3 is 0 Å². The lowest BCUT2D eigenvalue weighted by Crippen LogP contribution is -2.54. The zero-order valence-corrected chi connectivity index (χ0v) is 23.0. The van der Waals surface area contributed by atoms with E-state index in [0.29, 0.717) is 0 Å². The van der Waals surface area contributed by atoms with Gasteiger partial charge in [-0.2, -0.15) is 0 Å². The van der Waals surface area contributed by atoms with Crippen LogP contribution in [0.3, 0.4) is 0 Å². The molecule has 11 nitrogen and oxygen atoms in total. The summed E-state index contributed by atoms with van der Waals surface area (Å²) >= 11 is 0. The van der Waals surface area contributed by atoms with Gasteiger partial charge in [-0.3, -0.25) is 24.0 Å². The number of non-ortho nitro benzene ring substituents is 1. The molecule has 1 N–H and O–H groups in total. The van der Waals surface area contributed by atoms with Crippen LogP contribution >= 0.6 is 0 Å². The van der Waals surface area contributed by atoms with Crippen LogP contribution in [0.2, 0.25) is 0 Å². The van der Waals surface area contributed by atoms with Gasteiger partial charge in [0.25, 0.3) is 5.69 Å². The van der Waals surface area contributed by atoms with Gasteiger partial charge in [0.1, 0.15) is 24.0 Å². The normalized spacial score (nSPS) is 12.4. The number of hydrogen-bond acceptors (Lipinski definition) is 7. The van der Waals surface area contributed by atoms with E-state index in [9.17, 15) is 28.1 Å². The van der Waals surface area contributed by atoms with Crippen molar-refractivity contribution in [2.24, 2.45) is 0 Å². The molecule has 0 saturated heterocycles. The molecule has 0 spiro atoms. The predicted octanol–water partition coefficient (Wildman–Crippen LogP) is 3.01. The van der Waals surface area contributed by atoms with Crippen molar-refractivity contribution in [3.8, 4) is 5.75 Å². The standard InChI is InChI=1S/C25H34N4O7S/c1-17-9-8-10-19(13-17)15-27(18(2)24(31)26-25(3,4)5)23(30)16-28(37(7,34)35)21-14-20(29(32)33)11-12-22(21)36-6/h8-14,18H,15-16H2,1-7H3,(H,26,31)/t18-/m0/s1. The first-order chi connectivity index (χ1) is 17.0. The van der Waals surface area contributed by atoms with Crippen molar-refractivity contribution in [2.45, 2.75) is 52.7 Å². The number of aryl methyl sites for hydroxylation is 1. The average molecular weight is 535 g/mol. The molecule has 0 fully saturated rings. The first kappa shape index (κ1) is 29.6. The van der Waals surface area contributed by atoms with Gasteiger partial charge < -0.3 is 15.0 Å². The molecular formula is C25H34N4O7S. The number of carbonyl (C=O) groups is 2. The molecule has 2 rings (SSSR count). The molecule has 202 valence electrons. The second kappa shape index (κ2) is 11.6. The van der Waals surface area contributed by atoms with E-state index < -0.39 is 44.9 Å². The van der Waals surface area contributed by atoms with Crippen LogP contribution < -0.4 is 14.4 Å². The molecule has 0 aliphatic rings. The quantitative estimate of drug-likeness (QED) is 0.365. The highest BCUT2D eigenvalue weighted by molar-refractivity contribution is 7.92. The van der Waals surface area contributed by atoms with Gasteiger partial charge in [0.15, 0.2) is 0 Å². The third-order valence-electron chi connectivity index (χ3n) is 5.42. The lowest BCUT2D eigenvalue weighted by Gasteiger charge is -2.33. The third-order valence-corrected chi connectivity index (χ3v) is 6.55. The number of nitrogens with one attached hydrogen (secondary N) is 1. The zero-order chi connectivity index (χ0) is 28.1. The molecule has 1 atom stereocenters. The number of nitro groups is 1. The van der Waals surface area contributed by atoms with Gasteiger partial charge in [0.05, 0.1) is 18.3 Å². The number of amides is 2. The second-order valence-electron chi connectivity index (χ2n) is 9.81. The summed E-state index contributed by atoms with van der Waals surface area (Å²) in [6, 6.07) is 9.92.